The lowest BCUT2D eigenvalue weighted by atomic mass is 9.91. The van der Waals surface area contributed by atoms with Crippen LogP contribution in [-0.2, 0) is 4.74 Å². The predicted octanol–water partition coefficient (Wildman–Crippen LogP) is 1.70. The number of rotatable bonds is 1. The van der Waals surface area contributed by atoms with E-state index in [4.69, 9.17) is 17.0 Å². The van der Waals surface area contributed by atoms with Gasteiger partial charge in [0.2, 0.25) is 0 Å². The number of nitrogens with zero attached hydrogens (tertiary/aromatic N) is 1. The molecule has 0 aromatic carbocycles. The van der Waals surface area contributed by atoms with Crippen LogP contribution in [-0.4, -0.2) is 43.4 Å². The molecule has 0 bridgehead atoms. The van der Waals surface area contributed by atoms with Crippen molar-refractivity contribution in [1.29, 1.82) is 0 Å². The maximum atomic E-state index is 6.05. The van der Waals surface area contributed by atoms with Crippen LogP contribution in [0.1, 0.15) is 12.8 Å². The molecule has 2 fully saturated rings. The van der Waals surface area contributed by atoms with E-state index in [1.54, 1.807) is 0 Å². The fourth-order valence-corrected chi connectivity index (χ4v) is 3.01. The van der Waals surface area contributed by atoms with Gasteiger partial charge in [0.25, 0.3) is 0 Å². The molecule has 0 radical (unpaired) electrons. The van der Waals surface area contributed by atoms with Crippen LogP contribution in [0, 0.1) is 4.64 Å². The number of pyridine rings is 1. The molecule has 2 aliphatic heterocycles. The second-order valence-corrected chi connectivity index (χ2v) is 5.58. The second kappa shape index (κ2) is 4.99. The number of aromatic nitrogens is 1. The summed E-state index contributed by atoms with van der Waals surface area (Å²) in [5.74, 6) is 0. The molecule has 1 spiro atoms. The van der Waals surface area contributed by atoms with Crippen LogP contribution < -0.4 is 10.2 Å². The Morgan fingerprint density at radius 2 is 2.33 bits per heavy atom. The van der Waals surface area contributed by atoms with Gasteiger partial charge >= 0.3 is 0 Å². The Bertz CT molecular complexity index is 442. The van der Waals surface area contributed by atoms with E-state index in [1.807, 2.05) is 12.3 Å². The highest BCUT2D eigenvalue weighted by Gasteiger charge is 2.37. The summed E-state index contributed by atoms with van der Waals surface area (Å²) in [5.41, 5.74) is 1.21. The third-order valence-electron chi connectivity index (χ3n) is 3.81. The van der Waals surface area contributed by atoms with E-state index in [0.29, 0.717) is 0 Å². The van der Waals surface area contributed by atoms with E-state index in [0.717, 1.165) is 43.8 Å². The average Bonchev–Trinajstić information content (AvgIpc) is 2.40. The summed E-state index contributed by atoms with van der Waals surface area (Å²) >= 11 is 5.08. The van der Waals surface area contributed by atoms with Crippen molar-refractivity contribution in [3.63, 3.8) is 0 Å². The molecule has 2 saturated heterocycles. The minimum atomic E-state index is 0.00311. The number of hydrogen-bond acceptors (Lipinski definition) is 4. The Labute approximate surface area is 112 Å². The number of anilines is 1. The molecule has 98 valence electrons. The Hall–Kier alpha value is -0.910. The fourth-order valence-electron chi connectivity index (χ4n) is 2.89. The molecule has 2 aliphatic rings. The molecule has 3 rings (SSSR count). The van der Waals surface area contributed by atoms with Gasteiger partial charge < -0.3 is 19.9 Å². The molecule has 1 aromatic heterocycles. The molecule has 1 aromatic rings. The van der Waals surface area contributed by atoms with Gasteiger partial charge in [0.15, 0.2) is 0 Å². The second-order valence-electron chi connectivity index (χ2n) is 5.14. The fraction of sp³-hybridized carbons (Fsp3) is 0.615. The standard InChI is InChI=1S/C13H19N3OS/c18-12-3-2-11(8-15-12)16-6-1-4-13(10-16)9-14-5-7-17-13/h2-3,8,14H,1,4-7,9-10H2,(H,15,18)/t13-/m1/s1. The molecular weight excluding hydrogens is 246 g/mol. The van der Waals surface area contributed by atoms with Gasteiger partial charge in [0.1, 0.15) is 4.64 Å². The zero-order valence-corrected chi connectivity index (χ0v) is 11.3. The summed E-state index contributed by atoms with van der Waals surface area (Å²) in [7, 11) is 0. The van der Waals surface area contributed by atoms with Gasteiger partial charge in [0, 0.05) is 32.4 Å². The van der Waals surface area contributed by atoms with Crippen molar-refractivity contribution >= 4 is 17.9 Å². The Morgan fingerprint density at radius 1 is 1.39 bits per heavy atom. The number of H-pyrrole nitrogens is 1. The van der Waals surface area contributed by atoms with Crippen LogP contribution in [0.3, 0.4) is 0 Å². The highest BCUT2D eigenvalue weighted by atomic mass is 32.1. The smallest absolute Gasteiger partial charge is 0.103 e. The first kappa shape index (κ1) is 12.1. The first-order chi connectivity index (χ1) is 8.77. The Kier molecular flexibility index (Phi) is 3.37. The van der Waals surface area contributed by atoms with Gasteiger partial charge in [-0.25, -0.2) is 0 Å². The van der Waals surface area contributed by atoms with Crippen molar-refractivity contribution in [3.05, 3.63) is 23.0 Å². The monoisotopic (exact) mass is 265 g/mol. The number of morpholine rings is 1. The molecule has 0 amide bonds. The molecule has 18 heavy (non-hydrogen) atoms. The summed E-state index contributed by atoms with van der Waals surface area (Å²) in [6.07, 6.45) is 4.33. The van der Waals surface area contributed by atoms with E-state index in [9.17, 15) is 0 Å². The minimum Gasteiger partial charge on any atom is -0.371 e. The summed E-state index contributed by atoms with van der Waals surface area (Å²) in [6, 6.07) is 4.04. The lowest BCUT2D eigenvalue weighted by molar-refractivity contribution is -0.0725. The molecule has 4 nitrogen and oxygen atoms in total. The third kappa shape index (κ3) is 2.43. The normalized spacial score (nSPS) is 28.6. The topological polar surface area (TPSA) is 40.3 Å². The maximum Gasteiger partial charge on any atom is 0.103 e. The molecule has 0 aliphatic carbocycles. The lowest BCUT2D eigenvalue weighted by Crippen LogP contribution is -2.58. The summed E-state index contributed by atoms with van der Waals surface area (Å²) in [5, 5.41) is 3.45. The number of piperidine rings is 1. The average molecular weight is 265 g/mol. The summed E-state index contributed by atoms with van der Waals surface area (Å²) in [6.45, 7) is 4.82. The van der Waals surface area contributed by atoms with Crippen molar-refractivity contribution in [2.45, 2.75) is 18.4 Å². The van der Waals surface area contributed by atoms with Crippen LogP contribution in [0.15, 0.2) is 18.3 Å². The predicted molar refractivity (Wildman–Crippen MR) is 74.6 cm³/mol. The molecule has 0 saturated carbocycles. The Morgan fingerprint density at radius 3 is 3.06 bits per heavy atom. The van der Waals surface area contributed by atoms with Crippen molar-refractivity contribution in [2.24, 2.45) is 0 Å². The molecule has 1 atom stereocenters. The van der Waals surface area contributed by atoms with E-state index >= 15 is 0 Å². The Balaban J connectivity index is 1.77. The van der Waals surface area contributed by atoms with E-state index < -0.39 is 0 Å². The summed E-state index contributed by atoms with van der Waals surface area (Å²) in [4.78, 5) is 5.50. The van der Waals surface area contributed by atoms with Gasteiger partial charge in [-0.3, -0.25) is 0 Å². The van der Waals surface area contributed by atoms with Crippen molar-refractivity contribution in [1.82, 2.24) is 10.3 Å². The highest BCUT2D eigenvalue weighted by Crippen LogP contribution is 2.29. The number of aromatic amines is 1. The number of ether oxygens (including phenoxy) is 1. The molecule has 3 heterocycles. The highest BCUT2D eigenvalue weighted by molar-refractivity contribution is 7.71. The van der Waals surface area contributed by atoms with E-state index in [1.165, 1.54) is 12.1 Å². The van der Waals surface area contributed by atoms with Crippen LogP contribution in [0.4, 0.5) is 5.69 Å². The van der Waals surface area contributed by atoms with Crippen molar-refractivity contribution < 1.29 is 4.74 Å². The number of hydrogen-bond donors (Lipinski definition) is 2. The molecule has 0 unspecified atom stereocenters. The zero-order valence-electron chi connectivity index (χ0n) is 10.4. The number of nitrogens with one attached hydrogen (secondary N) is 2. The molecular formula is C13H19N3OS. The van der Waals surface area contributed by atoms with Gasteiger partial charge in [-0.05, 0) is 25.0 Å². The zero-order chi connectivity index (χ0) is 12.4. The molecule has 2 N–H and O–H groups in total. The quantitative estimate of drug-likeness (QED) is 0.758. The third-order valence-corrected chi connectivity index (χ3v) is 4.06. The van der Waals surface area contributed by atoms with Crippen LogP contribution >= 0.6 is 12.2 Å². The SMILES string of the molecule is S=c1ccc(N2CCC[C@@]3(CNCCO3)C2)c[nH]1. The summed E-state index contributed by atoms with van der Waals surface area (Å²) < 4.78 is 6.83. The van der Waals surface area contributed by atoms with Crippen molar-refractivity contribution in [2.75, 3.05) is 37.7 Å². The largest absolute Gasteiger partial charge is 0.371 e. The maximum absolute atomic E-state index is 6.05. The van der Waals surface area contributed by atoms with Crippen molar-refractivity contribution in [3.8, 4) is 0 Å². The first-order valence-corrected chi connectivity index (χ1v) is 6.97. The molecule has 5 heteroatoms. The lowest BCUT2D eigenvalue weighted by Gasteiger charge is -2.45. The van der Waals surface area contributed by atoms with E-state index in [-0.39, 0.29) is 5.60 Å². The van der Waals surface area contributed by atoms with Crippen LogP contribution in [0.5, 0.6) is 0 Å². The van der Waals surface area contributed by atoms with Crippen LogP contribution in [0.25, 0.3) is 0 Å². The van der Waals surface area contributed by atoms with Gasteiger partial charge in [-0.15, -0.1) is 0 Å². The van der Waals surface area contributed by atoms with Crippen LogP contribution in [0.2, 0.25) is 0 Å². The van der Waals surface area contributed by atoms with Gasteiger partial charge in [-0.2, -0.15) is 0 Å². The first-order valence-electron chi connectivity index (χ1n) is 6.56. The van der Waals surface area contributed by atoms with E-state index in [2.05, 4.69) is 21.3 Å². The van der Waals surface area contributed by atoms with Gasteiger partial charge in [0.05, 0.1) is 17.9 Å². The minimum absolute atomic E-state index is 0.00311. The van der Waals surface area contributed by atoms with Gasteiger partial charge in [-0.1, -0.05) is 12.2 Å².